The third-order valence-corrected chi connectivity index (χ3v) is 6.32. The number of halogens is 5. The third-order valence-electron chi connectivity index (χ3n) is 0.975. The lowest BCUT2D eigenvalue weighted by Crippen LogP contribution is -2.40. The van der Waals surface area contributed by atoms with Crippen LogP contribution in [0.1, 0.15) is 0 Å². The van der Waals surface area contributed by atoms with Crippen LogP contribution in [0.4, 0.5) is 0 Å². The number of nitriles is 1. The van der Waals surface area contributed by atoms with Gasteiger partial charge in [0.25, 0.3) is 3.67 Å². The van der Waals surface area contributed by atoms with Gasteiger partial charge in [-0.05, 0) is 0 Å². The van der Waals surface area contributed by atoms with E-state index in [2.05, 4.69) is 0 Å². The zero-order chi connectivity index (χ0) is 10.9. The van der Waals surface area contributed by atoms with Crippen molar-refractivity contribution in [3.8, 4) is 6.07 Å². The van der Waals surface area contributed by atoms with E-state index < -0.39 is 23.0 Å². The van der Waals surface area contributed by atoms with Gasteiger partial charge in [0.15, 0.2) is 0 Å². The molecule has 0 N–H and O–H groups in total. The Balaban J connectivity index is 5.21. The summed E-state index contributed by atoms with van der Waals surface area (Å²) in [5.74, 6) is -0.923. The fraction of sp³-hybridized carbons (Fsp3) is 0.750. The van der Waals surface area contributed by atoms with Gasteiger partial charge >= 0.3 is 0 Å². The fourth-order valence-electron chi connectivity index (χ4n) is 0.352. The number of sulfone groups is 1. The summed E-state index contributed by atoms with van der Waals surface area (Å²) in [7, 11) is -4.19. The van der Waals surface area contributed by atoms with Crippen LogP contribution in [-0.4, -0.2) is 21.6 Å². The van der Waals surface area contributed by atoms with Gasteiger partial charge in [-0.25, -0.2) is 8.42 Å². The molecule has 0 radical (unpaired) electrons. The second-order valence-electron chi connectivity index (χ2n) is 1.93. The van der Waals surface area contributed by atoms with E-state index in [1.165, 1.54) is 6.07 Å². The van der Waals surface area contributed by atoms with E-state index in [0.29, 0.717) is 0 Å². The molecule has 0 bridgehead atoms. The molecule has 0 spiro atoms. The number of hydrogen-bond acceptors (Lipinski definition) is 3. The molecule has 0 amide bonds. The number of rotatable bonds is 2. The molecule has 0 saturated carbocycles. The summed E-state index contributed by atoms with van der Waals surface area (Å²) < 4.78 is 17.3. The second kappa shape index (κ2) is 4.18. The van der Waals surface area contributed by atoms with Crippen molar-refractivity contribution in [2.24, 2.45) is 0 Å². The maximum absolute atomic E-state index is 11.2. The highest BCUT2D eigenvalue weighted by Crippen LogP contribution is 2.49. The standard InChI is InChI=1S/C4H2Cl5NO2S/c5-3(6,7)4(8,9)13(11,12)2-1-10/h2H2. The summed E-state index contributed by atoms with van der Waals surface area (Å²) in [5, 5.41) is 8.16. The van der Waals surface area contributed by atoms with Crippen LogP contribution in [0.15, 0.2) is 0 Å². The van der Waals surface area contributed by atoms with Gasteiger partial charge in [0.1, 0.15) is 5.75 Å². The van der Waals surface area contributed by atoms with Gasteiger partial charge in [-0.15, -0.1) is 0 Å². The van der Waals surface area contributed by atoms with Crippen molar-refractivity contribution in [1.29, 1.82) is 5.26 Å². The molecule has 0 rings (SSSR count). The van der Waals surface area contributed by atoms with Crippen LogP contribution in [0.25, 0.3) is 0 Å². The average molecular weight is 305 g/mol. The molecule has 0 aliphatic heterocycles. The van der Waals surface area contributed by atoms with Crippen LogP contribution >= 0.6 is 58.0 Å². The Kier molecular flexibility index (Phi) is 4.46. The lowest BCUT2D eigenvalue weighted by molar-refractivity contribution is 0.591. The summed E-state index contributed by atoms with van der Waals surface area (Å²) >= 11 is 26.3. The van der Waals surface area contributed by atoms with E-state index in [1.807, 2.05) is 0 Å². The molecule has 0 aromatic rings. The number of hydrogen-bond donors (Lipinski definition) is 0. The van der Waals surface area contributed by atoms with E-state index in [0.717, 1.165) is 0 Å². The maximum atomic E-state index is 11.2. The first-order chi connectivity index (χ1) is 5.56. The van der Waals surface area contributed by atoms with E-state index in [-0.39, 0.29) is 0 Å². The Morgan fingerprint density at radius 1 is 1.15 bits per heavy atom. The highest BCUT2D eigenvalue weighted by Gasteiger charge is 2.56. The minimum atomic E-state index is -4.19. The van der Waals surface area contributed by atoms with Gasteiger partial charge in [-0.3, -0.25) is 0 Å². The summed E-state index contributed by atoms with van der Waals surface area (Å²) in [5.41, 5.74) is 0. The molecule has 0 aromatic heterocycles. The molecule has 0 fully saturated rings. The summed E-state index contributed by atoms with van der Waals surface area (Å²) in [6, 6.07) is 1.35. The van der Waals surface area contributed by atoms with Crippen molar-refractivity contribution in [3.05, 3.63) is 0 Å². The Morgan fingerprint density at radius 3 is 1.77 bits per heavy atom. The van der Waals surface area contributed by atoms with E-state index in [1.54, 1.807) is 0 Å². The minimum Gasteiger partial charge on any atom is -0.224 e. The number of alkyl halides is 5. The highest BCUT2D eigenvalue weighted by molar-refractivity contribution is 7.96. The molecular weight excluding hydrogens is 303 g/mol. The van der Waals surface area contributed by atoms with Gasteiger partial charge in [0.2, 0.25) is 13.6 Å². The van der Waals surface area contributed by atoms with Crippen LogP contribution in [-0.2, 0) is 9.84 Å². The first kappa shape index (κ1) is 13.9. The molecule has 0 saturated heterocycles. The van der Waals surface area contributed by atoms with Gasteiger partial charge in [0, 0.05) is 0 Å². The molecule has 0 unspecified atom stereocenters. The van der Waals surface area contributed by atoms with E-state index >= 15 is 0 Å². The number of nitrogens with zero attached hydrogens (tertiary/aromatic N) is 1. The lowest BCUT2D eigenvalue weighted by atomic mass is 10.9. The molecule has 0 aromatic carbocycles. The van der Waals surface area contributed by atoms with Crippen LogP contribution in [0, 0.1) is 11.3 Å². The van der Waals surface area contributed by atoms with Crippen LogP contribution in [0.2, 0.25) is 0 Å². The Labute approximate surface area is 100 Å². The topological polar surface area (TPSA) is 57.9 Å². The second-order valence-corrected chi connectivity index (χ2v) is 8.12. The Hall–Kier alpha value is 0.890. The minimum absolute atomic E-state index is 0.923. The summed E-state index contributed by atoms with van der Waals surface area (Å²) in [6.45, 7) is 0. The fourth-order valence-corrected chi connectivity index (χ4v) is 2.44. The molecule has 0 heterocycles. The average Bonchev–Trinajstić information content (AvgIpc) is 1.84. The predicted molar refractivity (Wildman–Crippen MR) is 54.1 cm³/mol. The first-order valence-corrected chi connectivity index (χ1v) is 6.14. The van der Waals surface area contributed by atoms with Crippen molar-refractivity contribution >= 4 is 67.8 Å². The van der Waals surface area contributed by atoms with Gasteiger partial charge < -0.3 is 0 Å². The van der Waals surface area contributed by atoms with Crippen molar-refractivity contribution in [2.45, 2.75) is 7.46 Å². The van der Waals surface area contributed by atoms with Gasteiger partial charge in [-0.2, -0.15) is 5.26 Å². The third kappa shape index (κ3) is 2.92. The monoisotopic (exact) mass is 303 g/mol. The van der Waals surface area contributed by atoms with Gasteiger partial charge in [-0.1, -0.05) is 58.0 Å². The molecule has 0 aliphatic rings. The van der Waals surface area contributed by atoms with Crippen molar-refractivity contribution in [2.75, 3.05) is 5.75 Å². The van der Waals surface area contributed by atoms with Crippen LogP contribution in [0.5, 0.6) is 0 Å². The van der Waals surface area contributed by atoms with Crippen molar-refractivity contribution in [3.63, 3.8) is 0 Å². The molecule has 0 atom stereocenters. The van der Waals surface area contributed by atoms with Crippen molar-refractivity contribution < 1.29 is 8.42 Å². The first-order valence-electron chi connectivity index (χ1n) is 2.60. The molecular formula is C4H2Cl5NO2S. The lowest BCUT2D eigenvalue weighted by Gasteiger charge is -2.25. The summed E-state index contributed by atoms with van der Waals surface area (Å²) in [6.07, 6.45) is 0. The Morgan fingerprint density at radius 2 is 1.54 bits per heavy atom. The molecule has 76 valence electrons. The molecule has 9 heteroatoms. The molecule has 3 nitrogen and oxygen atoms in total. The van der Waals surface area contributed by atoms with Crippen LogP contribution in [0.3, 0.4) is 0 Å². The predicted octanol–water partition coefficient (Wildman–Crippen LogP) is 2.43. The Bertz CT molecular complexity index is 323. The van der Waals surface area contributed by atoms with E-state index in [4.69, 9.17) is 63.3 Å². The van der Waals surface area contributed by atoms with E-state index in [9.17, 15) is 8.42 Å². The smallest absolute Gasteiger partial charge is 0.224 e. The molecule has 0 aliphatic carbocycles. The molecule has 13 heavy (non-hydrogen) atoms. The SMILES string of the molecule is N#CCS(=O)(=O)C(Cl)(Cl)C(Cl)(Cl)Cl. The zero-order valence-electron chi connectivity index (χ0n) is 5.77. The normalized spacial score (nSPS) is 13.8. The largest absolute Gasteiger partial charge is 0.265 e. The quantitative estimate of drug-likeness (QED) is 0.736. The zero-order valence-corrected chi connectivity index (χ0v) is 10.4. The van der Waals surface area contributed by atoms with Crippen LogP contribution < -0.4 is 0 Å². The maximum Gasteiger partial charge on any atom is 0.265 e. The van der Waals surface area contributed by atoms with Crippen molar-refractivity contribution in [1.82, 2.24) is 0 Å². The summed E-state index contributed by atoms with van der Waals surface area (Å²) in [4.78, 5) is 0. The van der Waals surface area contributed by atoms with Gasteiger partial charge in [0.05, 0.1) is 6.07 Å². The highest BCUT2D eigenvalue weighted by atomic mass is 35.6.